The van der Waals surface area contributed by atoms with Gasteiger partial charge >= 0.3 is 0 Å². The zero-order chi connectivity index (χ0) is 13.0. The molecule has 2 N–H and O–H groups in total. The summed E-state index contributed by atoms with van der Waals surface area (Å²) in [5.41, 5.74) is 6.50. The molecule has 1 spiro atoms. The van der Waals surface area contributed by atoms with E-state index in [0.29, 0.717) is 19.1 Å². The number of ether oxygens (including phenoxy) is 3. The molecule has 4 nitrogen and oxygen atoms in total. The molecule has 1 saturated heterocycles. The maximum absolute atomic E-state index is 6.36. The van der Waals surface area contributed by atoms with E-state index in [-0.39, 0.29) is 17.9 Å². The maximum Gasteiger partial charge on any atom is 0.172 e. The van der Waals surface area contributed by atoms with E-state index < -0.39 is 0 Å². The molecular weight excluding hydrogens is 230 g/mol. The predicted octanol–water partition coefficient (Wildman–Crippen LogP) is 2.06. The lowest BCUT2D eigenvalue weighted by Gasteiger charge is -2.48. The Balaban J connectivity index is 1.91. The van der Waals surface area contributed by atoms with Gasteiger partial charge in [-0.2, -0.15) is 0 Å². The molecule has 1 aliphatic carbocycles. The third kappa shape index (κ3) is 3.05. The number of hydrogen-bond donors (Lipinski definition) is 1. The maximum atomic E-state index is 6.36. The van der Waals surface area contributed by atoms with Crippen molar-refractivity contribution in [2.45, 2.75) is 63.9 Å². The minimum Gasteiger partial charge on any atom is -0.375 e. The van der Waals surface area contributed by atoms with Gasteiger partial charge in [0.2, 0.25) is 0 Å². The van der Waals surface area contributed by atoms with Crippen LogP contribution in [-0.2, 0) is 14.2 Å². The van der Waals surface area contributed by atoms with E-state index in [2.05, 4.69) is 0 Å². The summed E-state index contributed by atoms with van der Waals surface area (Å²) in [5.74, 6) is 0.460. The van der Waals surface area contributed by atoms with Gasteiger partial charge in [0, 0.05) is 19.8 Å². The molecule has 2 fully saturated rings. The van der Waals surface area contributed by atoms with Gasteiger partial charge in [-0.15, -0.1) is 0 Å². The Kier molecular flexibility index (Phi) is 5.01. The molecule has 1 saturated carbocycles. The quantitative estimate of drug-likeness (QED) is 0.740. The molecule has 0 bridgehead atoms. The second kappa shape index (κ2) is 6.33. The van der Waals surface area contributed by atoms with Crippen molar-refractivity contribution in [3.63, 3.8) is 0 Å². The van der Waals surface area contributed by atoms with Gasteiger partial charge < -0.3 is 19.9 Å². The largest absolute Gasteiger partial charge is 0.375 e. The fraction of sp³-hybridized carbons (Fsp3) is 1.00. The lowest BCUT2D eigenvalue weighted by Crippen LogP contribution is -2.53. The van der Waals surface area contributed by atoms with Gasteiger partial charge in [-0.05, 0) is 51.9 Å². The Labute approximate surface area is 110 Å². The van der Waals surface area contributed by atoms with Crippen LogP contribution in [0.1, 0.15) is 46.0 Å². The third-order valence-corrected chi connectivity index (χ3v) is 4.32. The Bertz CT molecular complexity index is 249. The average Bonchev–Trinajstić information content (AvgIpc) is 2.36. The minimum atomic E-state index is -0.264. The monoisotopic (exact) mass is 257 g/mol. The predicted molar refractivity (Wildman–Crippen MR) is 70.3 cm³/mol. The normalized spacial score (nSPS) is 28.3. The summed E-state index contributed by atoms with van der Waals surface area (Å²) >= 11 is 0. The molecule has 2 aliphatic rings. The van der Waals surface area contributed by atoms with Crippen molar-refractivity contribution in [2.75, 3.05) is 19.8 Å². The standard InChI is InChI=1S/C14H27NO3/c1-3-16-13(17-4-2)12(15)11-6-9-18-14(10-11)7-5-8-14/h11-13H,3-10,15H2,1-2H3. The van der Waals surface area contributed by atoms with Crippen LogP contribution < -0.4 is 5.73 Å². The Morgan fingerprint density at radius 2 is 1.94 bits per heavy atom. The number of hydrogen-bond acceptors (Lipinski definition) is 4. The van der Waals surface area contributed by atoms with E-state index in [4.69, 9.17) is 19.9 Å². The lowest BCUT2D eigenvalue weighted by atomic mass is 9.70. The molecule has 106 valence electrons. The van der Waals surface area contributed by atoms with Crippen LogP contribution in [0.25, 0.3) is 0 Å². The molecule has 0 aromatic carbocycles. The van der Waals surface area contributed by atoms with Crippen molar-refractivity contribution < 1.29 is 14.2 Å². The van der Waals surface area contributed by atoms with Gasteiger partial charge in [-0.25, -0.2) is 0 Å². The lowest BCUT2D eigenvalue weighted by molar-refractivity contribution is -0.184. The summed E-state index contributed by atoms with van der Waals surface area (Å²) in [6, 6.07) is -0.0359. The van der Waals surface area contributed by atoms with Crippen LogP contribution in [0, 0.1) is 5.92 Å². The van der Waals surface area contributed by atoms with Crippen molar-refractivity contribution in [1.29, 1.82) is 0 Å². The molecule has 0 aromatic heterocycles. The summed E-state index contributed by atoms with van der Waals surface area (Å²) in [6.45, 7) is 6.09. The fourth-order valence-electron chi connectivity index (χ4n) is 3.13. The van der Waals surface area contributed by atoms with E-state index in [1.807, 2.05) is 13.8 Å². The SMILES string of the molecule is CCOC(OCC)C(N)C1CCOC2(CCC2)C1. The summed E-state index contributed by atoms with van der Waals surface area (Å²) in [5, 5.41) is 0. The van der Waals surface area contributed by atoms with E-state index in [1.165, 1.54) is 19.3 Å². The molecule has 2 atom stereocenters. The van der Waals surface area contributed by atoms with Crippen LogP contribution in [0.3, 0.4) is 0 Å². The molecule has 0 amide bonds. The van der Waals surface area contributed by atoms with Gasteiger partial charge in [-0.3, -0.25) is 0 Å². The highest BCUT2D eigenvalue weighted by molar-refractivity contribution is 4.96. The molecule has 2 rings (SSSR count). The molecule has 0 radical (unpaired) electrons. The summed E-state index contributed by atoms with van der Waals surface area (Å²) in [7, 11) is 0. The van der Waals surface area contributed by atoms with E-state index in [1.54, 1.807) is 0 Å². The van der Waals surface area contributed by atoms with Crippen LogP contribution in [0.5, 0.6) is 0 Å². The molecule has 4 heteroatoms. The van der Waals surface area contributed by atoms with Gasteiger partial charge in [0.25, 0.3) is 0 Å². The first-order chi connectivity index (χ1) is 8.71. The van der Waals surface area contributed by atoms with E-state index >= 15 is 0 Å². The van der Waals surface area contributed by atoms with Crippen LogP contribution in [-0.4, -0.2) is 37.8 Å². The van der Waals surface area contributed by atoms with Crippen molar-refractivity contribution in [3.8, 4) is 0 Å². The number of nitrogens with two attached hydrogens (primary N) is 1. The molecule has 0 aromatic rings. The minimum absolute atomic E-state index is 0.0359. The number of rotatable bonds is 6. The Morgan fingerprint density at radius 1 is 1.28 bits per heavy atom. The van der Waals surface area contributed by atoms with E-state index in [0.717, 1.165) is 19.4 Å². The second-order valence-corrected chi connectivity index (χ2v) is 5.49. The highest BCUT2D eigenvalue weighted by atomic mass is 16.7. The zero-order valence-electron chi connectivity index (χ0n) is 11.7. The smallest absolute Gasteiger partial charge is 0.172 e. The highest BCUT2D eigenvalue weighted by Crippen LogP contribution is 2.45. The third-order valence-electron chi connectivity index (χ3n) is 4.32. The van der Waals surface area contributed by atoms with Crippen molar-refractivity contribution in [1.82, 2.24) is 0 Å². The molecule has 1 heterocycles. The second-order valence-electron chi connectivity index (χ2n) is 5.49. The van der Waals surface area contributed by atoms with Crippen LogP contribution in [0.2, 0.25) is 0 Å². The molecule has 1 aliphatic heterocycles. The van der Waals surface area contributed by atoms with Crippen LogP contribution in [0.15, 0.2) is 0 Å². The fourth-order valence-corrected chi connectivity index (χ4v) is 3.13. The average molecular weight is 257 g/mol. The van der Waals surface area contributed by atoms with Crippen molar-refractivity contribution >= 4 is 0 Å². The molecular formula is C14H27NO3. The Morgan fingerprint density at radius 3 is 2.44 bits per heavy atom. The first kappa shape index (κ1) is 14.3. The van der Waals surface area contributed by atoms with Crippen LogP contribution in [0.4, 0.5) is 0 Å². The van der Waals surface area contributed by atoms with Crippen LogP contribution >= 0.6 is 0 Å². The first-order valence-electron chi connectivity index (χ1n) is 7.33. The molecule has 18 heavy (non-hydrogen) atoms. The zero-order valence-corrected chi connectivity index (χ0v) is 11.7. The van der Waals surface area contributed by atoms with Crippen molar-refractivity contribution in [2.24, 2.45) is 11.7 Å². The van der Waals surface area contributed by atoms with Crippen molar-refractivity contribution in [3.05, 3.63) is 0 Å². The van der Waals surface area contributed by atoms with Gasteiger partial charge in [0.05, 0.1) is 11.6 Å². The van der Waals surface area contributed by atoms with Gasteiger partial charge in [0.15, 0.2) is 6.29 Å². The molecule has 2 unspecified atom stereocenters. The summed E-state index contributed by atoms with van der Waals surface area (Å²) in [6.07, 6.45) is 5.53. The van der Waals surface area contributed by atoms with Gasteiger partial charge in [0.1, 0.15) is 0 Å². The summed E-state index contributed by atoms with van der Waals surface area (Å²) in [4.78, 5) is 0. The highest BCUT2D eigenvalue weighted by Gasteiger charge is 2.45. The Hall–Kier alpha value is -0.160. The first-order valence-corrected chi connectivity index (χ1v) is 7.33. The van der Waals surface area contributed by atoms with E-state index in [9.17, 15) is 0 Å². The topological polar surface area (TPSA) is 53.7 Å². The summed E-state index contributed by atoms with van der Waals surface area (Å²) < 4.78 is 17.2. The van der Waals surface area contributed by atoms with Gasteiger partial charge in [-0.1, -0.05) is 0 Å².